The summed E-state index contributed by atoms with van der Waals surface area (Å²) in [6.45, 7) is -2.20. The van der Waals surface area contributed by atoms with Gasteiger partial charge >= 0.3 is 0 Å². The number of carbonyl (C=O) groups is 1. The lowest BCUT2D eigenvalue weighted by molar-refractivity contribution is -0.119. The minimum absolute atomic E-state index is 0.389. The first-order valence-corrected chi connectivity index (χ1v) is 1.66. The summed E-state index contributed by atoms with van der Waals surface area (Å²) in [4.78, 5) is 10.5. The van der Waals surface area contributed by atoms with Crippen molar-refractivity contribution >= 4 is 5.91 Å². The molecule has 1 aliphatic rings. The van der Waals surface area contributed by atoms with Crippen LogP contribution in [0.4, 0.5) is 0 Å². The molecule has 2 nitrogen and oxygen atoms in total. The van der Waals surface area contributed by atoms with Crippen LogP contribution in [0.3, 0.4) is 0 Å². The molecule has 0 aromatic carbocycles. The fourth-order valence-electron chi connectivity index (χ4n) is 0.283. The van der Waals surface area contributed by atoms with E-state index in [9.17, 15) is 4.79 Å². The molecule has 0 atom stereocenters. The predicted molar refractivity (Wildman–Crippen MR) is 22.2 cm³/mol. The summed E-state index contributed by atoms with van der Waals surface area (Å²) < 4.78 is 28.0. The highest BCUT2D eigenvalue weighted by atomic mass is 16.1. The van der Waals surface area contributed by atoms with Gasteiger partial charge in [0, 0.05) is 18.4 Å². The van der Waals surface area contributed by atoms with E-state index >= 15 is 0 Å². The van der Waals surface area contributed by atoms with E-state index in [-0.39, 0.29) is 6.42 Å². The Balaban J connectivity index is 2.88. The van der Waals surface area contributed by atoms with Crippen molar-refractivity contribution in [3.8, 4) is 0 Å². The van der Waals surface area contributed by atoms with Crippen LogP contribution < -0.4 is 5.32 Å². The highest BCUT2D eigenvalue weighted by Gasteiger charge is 2.05. The molecule has 34 valence electrons. The van der Waals surface area contributed by atoms with Crippen molar-refractivity contribution in [2.24, 2.45) is 0 Å². The molecule has 0 unspecified atom stereocenters. The van der Waals surface area contributed by atoms with Crippen molar-refractivity contribution in [1.82, 2.24) is 5.32 Å². The van der Waals surface area contributed by atoms with Gasteiger partial charge in [-0.15, -0.1) is 0 Å². The Hall–Kier alpha value is -0.530. The maximum atomic E-state index is 10.5. The van der Waals surface area contributed by atoms with Gasteiger partial charge in [-0.25, -0.2) is 0 Å². The zero-order chi connectivity index (χ0) is 7.99. The molecule has 6 heavy (non-hydrogen) atoms. The molecule has 0 saturated carbocycles. The van der Waals surface area contributed by atoms with Crippen LogP contribution in [0.5, 0.6) is 0 Å². The number of nitrogens with one attached hydrogen (secondary N) is 1. The summed E-state index contributed by atoms with van der Waals surface area (Å²) >= 11 is 0. The Morgan fingerprint density at radius 2 is 2.83 bits per heavy atom. The van der Waals surface area contributed by atoms with Crippen molar-refractivity contribution in [3.63, 3.8) is 0 Å². The van der Waals surface area contributed by atoms with E-state index in [4.69, 9.17) is 5.48 Å². The number of rotatable bonds is 0. The molecule has 1 saturated heterocycles. The smallest absolute Gasteiger partial charge is 0.220 e. The van der Waals surface area contributed by atoms with Crippen LogP contribution in [-0.2, 0) is 4.79 Å². The monoisotopic (exact) mass is 89.1 g/mol. The Morgan fingerprint density at radius 1 is 2.00 bits per heavy atom. The molecule has 1 fully saturated rings. The van der Waals surface area contributed by atoms with Crippen molar-refractivity contribution < 1.29 is 10.3 Å². The van der Waals surface area contributed by atoms with Crippen LogP contribution in [0.1, 0.15) is 18.3 Å². The lowest BCUT2D eigenvalue weighted by Gasteiger charge is -1.80. The van der Waals surface area contributed by atoms with E-state index in [1.54, 1.807) is 0 Å². The van der Waals surface area contributed by atoms with Gasteiger partial charge in [-0.1, -0.05) is 0 Å². The van der Waals surface area contributed by atoms with Gasteiger partial charge in [-0.05, 0) is 6.37 Å². The Labute approximate surface area is 42.2 Å². The summed E-state index contributed by atoms with van der Waals surface area (Å²) in [5.74, 6) is -0.574. The lowest BCUT2D eigenvalue weighted by Crippen LogP contribution is -2.12. The second kappa shape index (κ2) is 1.29. The fraction of sp³-hybridized carbons (Fsp3) is 0.750. The Morgan fingerprint density at radius 3 is 3.00 bits per heavy atom. The third-order valence-corrected chi connectivity index (χ3v) is 0.539. The number of carbonyl (C=O) groups excluding carboxylic acids is 1. The SMILES string of the molecule is [2H]C1([2H])CC(=O)NC1([2H])[2H]. The summed E-state index contributed by atoms with van der Waals surface area (Å²) in [7, 11) is 0. The summed E-state index contributed by atoms with van der Waals surface area (Å²) in [6, 6.07) is 0. The van der Waals surface area contributed by atoms with Gasteiger partial charge < -0.3 is 5.32 Å². The maximum Gasteiger partial charge on any atom is 0.220 e. The fourth-order valence-corrected chi connectivity index (χ4v) is 0.283. The minimum atomic E-state index is -2.20. The zero-order valence-electron chi connectivity index (χ0n) is 7.12. The summed E-state index contributed by atoms with van der Waals surface area (Å²) in [6.07, 6.45) is -2.45. The van der Waals surface area contributed by atoms with Crippen molar-refractivity contribution in [3.05, 3.63) is 0 Å². The molecule has 1 aliphatic heterocycles. The third kappa shape index (κ3) is 0.506. The first kappa shape index (κ1) is 1.22. The largest absolute Gasteiger partial charge is 0.356 e. The van der Waals surface area contributed by atoms with E-state index in [1.807, 2.05) is 5.32 Å². The molecule has 1 heterocycles. The van der Waals surface area contributed by atoms with Crippen LogP contribution >= 0.6 is 0 Å². The molecule has 0 bridgehead atoms. The lowest BCUT2D eigenvalue weighted by atomic mass is 10.4. The van der Waals surface area contributed by atoms with Crippen LogP contribution in [0.25, 0.3) is 0 Å². The van der Waals surface area contributed by atoms with Gasteiger partial charge in [0.2, 0.25) is 5.91 Å². The number of amides is 1. The molecular weight excluding hydrogens is 78.0 g/mol. The minimum Gasteiger partial charge on any atom is -0.356 e. The Kier molecular flexibility index (Phi) is 0.261. The van der Waals surface area contributed by atoms with Gasteiger partial charge in [-0.2, -0.15) is 0 Å². The standard InChI is InChI=1S/C4H7NO/c6-4-2-1-3-5-4/h1-3H2,(H,5,6)/i1D2,3D2. The van der Waals surface area contributed by atoms with Gasteiger partial charge in [-0.3, -0.25) is 4.79 Å². The van der Waals surface area contributed by atoms with E-state index in [0.717, 1.165) is 0 Å². The first-order chi connectivity index (χ1) is 4.35. The molecule has 1 N–H and O–H groups in total. The molecule has 0 aromatic heterocycles. The molecular formula is C4H7NO. The summed E-state index contributed by atoms with van der Waals surface area (Å²) in [5.41, 5.74) is 0. The molecule has 0 spiro atoms. The molecule has 1 rings (SSSR count). The Bertz CT molecular complexity index is 160. The molecule has 2 heteroatoms. The van der Waals surface area contributed by atoms with Gasteiger partial charge in [0.05, 0.1) is 0 Å². The molecule has 1 amide bonds. The average Bonchev–Trinajstić information content (AvgIpc) is 1.73. The summed E-state index contributed by atoms with van der Waals surface area (Å²) in [5, 5.41) is 1.90. The van der Waals surface area contributed by atoms with E-state index < -0.39 is 18.8 Å². The van der Waals surface area contributed by atoms with Crippen LogP contribution in [-0.4, -0.2) is 12.4 Å². The predicted octanol–water partition coefficient (Wildman–Crippen LogP) is -0.104. The second-order valence-corrected chi connectivity index (χ2v) is 1.03. The molecule has 0 radical (unpaired) electrons. The van der Waals surface area contributed by atoms with Crippen molar-refractivity contribution in [2.45, 2.75) is 12.8 Å². The van der Waals surface area contributed by atoms with Gasteiger partial charge in [0.15, 0.2) is 0 Å². The van der Waals surface area contributed by atoms with E-state index in [1.165, 1.54) is 0 Å². The quantitative estimate of drug-likeness (QED) is 0.441. The first-order valence-electron chi connectivity index (χ1n) is 3.66. The molecule has 0 aromatic rings. The van der Waals surface area contributed by atoms with Crippen molar-refractivity contribution in [2.75, 3.05) is 6.50 Å². The number of hydrogen-bond donors (Lipinski definition) is 1. The zero-order valence-corrected chi connectivity index (χ0v) is 3.12. The van der Waals surface area contributed by atoms with Crippen LogP contribution in [0.2, 0.25) is 0 Å². The van der Waals surface area contributed by atoms with E-state index in [0.29, 0.717) is 0 Å². The second-order valence-electron chi connectivity index (χ2n) is 1.03. The normalized spacial score (nSPS) is 47.7. The highest BCUT2D eigenvalue weighted by Crippen LogP contribution is 1.93. The van der Waals surface area contributed by atoms with Gasteiger partial charge in [0.1, 0.15) is 0 Å². The third-order valence-electron chi connectivity index (χ3n) is 0.539. The molecule has 0 aliphatic carbocycles. The van der Waals surface area contributed by atoms with Crippen molar-refractivity contribution in [1.29, 1.82) is 0 Å². The number of hydrogen-bond acceptors (Lipinski definition) is 1. The van der Waals surface area contributed by atoms with Gasteiger partial charge in [0.25, 0.3) is 0 Å². The highest BCUT2D eigenvalue weighted by molar-refractivity contribution is 5.77. The maximum absolute atomic E-state index is 10.5. The average molecular weight is 89.1 g/mol. The van der Waals surface area contributed by atoms with E-state index in [2.05, 4.69) is 0 Å². The van der Waals surface area contributed by atoms with Crippen LogP contribution in [0, 0.1) is 0 Å². The topological polar surface area (TPSA) is 29.1 Å². The van der Waals surface area contributed by atoms with Crippen LogP contribution in [0.15, 0.2) is 0 Å².